The number of anilines is 1. The molecule has 0 unspecified atom stereocenters. The van der Waals surface area contributed by atoms with Crippen molar-refractivity contribution in [3.63, 3.8) is 0 Å². The summed E-state index contributed by atoms with van der Waals surface area (Å²) in [7, 11) is 0. The van der Waals surface area contributed by atoms with E-state index in [1.165, 1.54) is 30.0 Å². The van der Waals surface area contributed by atoms with Crippen LogP contribution in [0.4, 0.5) is 18.9 Å². The van der Waals surface area contributed by atoms with Gasteiger partial charge in [0, 0.05) is 5.75 Å². The summed E-state index contributed by atoms with van der Waals surface area (Å²) in [6.45, 7) is 0. The van der Waals surface area contributed by atoms with Crippen molar-refractivity contribution in [2.45, 2.75) is 11.9 Å². The van der Waals surface area contributed by atoms with Crippen LogP contribution in [0.5, 0.6) is 0 Å². The van der Waals surface area contributed by atoms with E-state index >= 15 is 0 Å². The molecule has 0 saturated carbocycles. The zero-order chi connectivity index (χ0) is 17.6. The normalized spacial score (nSPS) is 10.9. The van der Waals surface area contributed by atoms with Crippen LogP contribution in [0.2, 0.25) is 0 Å². The minimum atomic E-state index is -4.53. The fourth-order valence-corrected chi connectivity index (χ4v) is 2.87. The lowest BCUT2D eigenvalue weighted by atomic mass is 10.1. The Kier molecular flexibility index (Phi) is 5.88. The molecule has 124 valence electrons. The summed E-state index contributed by atoms with van der Waals surface area (Å²) in [6.07, 6.45) is -4.53. The molecule has 0 aliphatic heterocycles. The zero-order valence-corrected chi connectivity index (χ0v) is 13.2. The first-order valence-corrected chi connectivity index (χ1v) is 8.09. The third-order valence-electron chi connectivity index (χ3n) is 3.14. The molecule has 0 atom stereocenters. The fourth-order valence-electron chi connectivity index (χ4n) is 2.03. The average molecular weight is 350 g/mol. The number of nitrogens with one attached hydrogen (secondary N) is 1. The van der Waals surface area contributed by atoms with Crippen LogP contribution in [0, 0.1) is 11.3 Å². The molecule has 2 aromatic carbocycles. The van der Waals surface area contributed by atoms with Crippen LogP contribution in [0.3, 0.4) is 0 Å². The van der Waals surface area contributed by atoms with E-state index in [1.807, 2.05) is 0 Å². The number of carbonyl (C=O) groups is 1. The lowest BCUT2D eigenvalue weighted by Crippen LogP contribution is -2.18. The van der Waals surface area contributed by atoms with E-state index in [0.29, 0.717) is 11.3 Å². The van der Waals surface area contributed by atoms with Gasteiger partial charge in [0.05, 0.1) is 28.6 Å². The molecule has 0 fully saturated rings. The minimum absolute atomic E-state index is 0.00798. The number of thioether (sulfide) groups is 1. The molecule has 0 aliphatic rings. The van der Waals surface area contributed by atoms with Gasteiger partial charge in [-0.25, -0.2) is 0 Å². The number of amides is 1. The molecule has 0 radical (unpaired) electrons. The smallest absolute Gasteiger partial charge is 0.325 e. The van der Waals surface area contributed by atoms with Gasteiger partial charge in [0.25, 0.3) is 0 Å². The highest BCUT2D eigenvalue weighted by Gasteiger charge is 2.33. The summed E-state index contributed by atoms with van der Waals surface area (Å²) in [6, 6.07) is 13.9. The first-order valence-electron chi connectivity index (χ1n) is 6.93. The molecule has 0 spiro atoms. The van der Waals surface area contributed by atoms with Gasteiger partial charge in [-0.1, -0.05) is 30.3 Å². The summed E-state index contributed by atoms with van der Waals surface area (Å²) in [5.41, 5.74) is 0.174. The van der Waals surface area contributed by atoms with Crippen molar-refractivity contribution in [1.82, 2.24) is 0 Å². The first kappa shape index (κ1) is 17.9. The Balaban J connectivity index is 1.94. The largest absolute Gasteiger partial charge is 0.418 e. The average Bonchev–Trinajstić information content (AvgIpc) is 2.55. The number of hydrogen-bond donors (Lipinski definition) is 1. The number of nitriles is 1. The van der Waals surface area contributed by atoms with Gasteiger partial charge in [-0.3, -0.25) is 4.79 Å². The van der Waals surface area contributed by atoms with E-state index in [-0.39, 0.29) is 11.4 Å². The summed E-state index contributed by atoms with van der Waals surface area (Å²) in [5.74, 6) is -0.101. The second-order valence-electron chi connectivity index (χ2n) is 4.85. The number of rotatable bonds is 5. The molecule has 3 nitrogen and oxygen atoms in total. The number of hydrogen-bond acceptors (Lipinski definition) is 3. The van der Waals surface area contributed by atoms with E-state index in [0.717, 1.165) is 11.6 Å². The number of para-hydroxylation sites is 1. The second kappa shape index (κ2) is 7.88. The minimum Gasteiger partial charge on any atom is -0.325 e. The molecule has 0 heterocycles. The second-order valence-corrected chi connectivity index (χ2v) is 5.84. The van der Waals surface area contributed by atoms with Gasteiger partial charge in [-0.05, 0) is 23.8 Å². The highest BCUT2D eigenvalue weighted by molar-refractivity contribution is 7.99. The summed E-state index contributed by atoms with van der Waals surface area (Å²) >= 11 is 1.23. The molecule has 7 heteroatoms. The van der Waals surface area contributed by atoms with Crippen LogP contribution in [-0.4, -0.2) is 11.7 Å². The number of benzene rings is 2. The van der Waals surface area contributed by atoms with Crippen molar-refractivity contribution in [2.24, 2.45) is 0 Å². The zero-order valence-electron chi connectivity index (χ0n) is 12.4. The van der Waals surface area contributed by atoms with E-state index in [9.17, 15) is 18.0 Å². The van der Waals surface area contributed by atoms with Crippen LogP contribution in [0.15, 0.2) is 48.5 Å². The summed E-state index contributed by atoms with van der Waals surface area (Å²) < 4.78 is 38.6. The molecule has 2 rings (SSSR count). The summed E-state index contributed by atoms with van der Waals surface area (Å²) in [5, 5.41) is 11.3. The maximum atomic E-state index is 12.9. The Hall–Kier alpha value is -2.46. The Morgan fingerprint density at radius 2 is 1.79 bits per heavy atom. The maximum absolute atomic E-state index is 12.9. The van der Waals surface area contributed by atoms with Gasteiger partial charge in [0.2, 0.25) is 5.91 Å². The van der Waals surface area contributed by atoms with Gasteiger partial charge in [-0.15, -0.1) is 11.8 Å². The van der Waals surface area contributed by atoms with Gasteiger partial charge >= 0.3 is 6.18 Å². The molecule has 0 aliphatic carbocycles. The van der Waals surface area contributed by atoms with Crippen LogP contribution in [-0.2, 0) is 16.7 Å². The van der Waals surface area contributed by atoms with Crippen molar-refractivity contribution in [1.29, 1.82) is 5.26 Å². The molecule has 0 bridgehead atoms. The molecule has 0 aromatic heterocycles. The highest BCUT2D eigenvalue weighted by Crippen LogP contribution is 2.34. The van der Waals surface area contributed by atoms with Gasteiger partial charge < -0.3 is 5.32 Å². The molecular weight excluding hydrogens is 337 g/mol. The van der Waals surface area contributed by atoms with Gasteiger partial charge in [0.1, 0.15) is 0 Å². The Morgan fingerprint density at radius 3 is 2.50 bits per heavy atom. The molecule has 2 aromatic rings. The fraction of sp³-hybridized carbons (Fsp3) is 0.176. The first-order chi connectivity index (χ1) is 11.4. The van der Waals surface area contributed by atoms with Crippen LogP contribution in [0.1, 0.15) is 16.7 Å². The van der Waals surface area contributed by atoms with Gasteiger partial charge in [0.15, 0.2) is 0 Å². The molecule has 0 saturated heterocycles. The van der Waals surface area contributed by atoms with E-state index in [2.05, 4.69) is 11.4 Å². The SMILES string of the molecule is N#Cc1ccccc1CSCC(=O)Nc1ccccc1C(F)(F)F. The Bertz CT molecular complexity index is 769. The molecule has 1 amide bonds. The van der Waals surface area contributed by atoms with Crippen LogP contribution in [0.25, 0.3) is 0 Å². The number of carbonyl (C=O) groups excluding carboxylic acids is 1. The summed E-state index contributed by atoms with van der Waals surface area (Å²) in [4.78, 5) is 11.9. The van der Waals surface area contributed by atoms with Crippen molar-refractivity contribution in [2.75, 3.05) is 11.1 Å². The molecular formula is C17H13F3N2OS. The highest BCUT2D eigenvalue weighted by atomic mass is 32.2. The lowest BCUT2D eigenvalue weighted by molar-refractivity contribution is -0.137. The monoisotopic (exact) mass is 350 g/mol. The molecule has 24 heavy (non-hydrogen) atoms. The predicted molar refractivity (Wildman–Crippen MR) is 87.4 cm³/mol. The third-order valence-corrected chi connectivity index (χ3v) is 4.12. The van der Waals surface area contributed by atoms with Crippen molar-refractivity contribution >= 4 is 23.4 Å². The third kappa shape index (κ3) is 4.77. The standard InChI is InChI=1S/C17H13F3N2OS/c18-17(19,20)14-7-3-4-8-15(14)22-16(23)11-24-10-13-6-2-1-5-12(13)9-21/h1-8H,10-11H2,(H,22,23). The van der Waals surface area contributed by atoms with Crippen LogP contribution >= 0.6 is 11.8 Å². The van der Waals surface area contributed by atoms with Crippen molar-refractivity contribution in [3.8, 4) is 6.07 Å². The number of halogens is 3. The number of alkyl halides is 3. The lowest BCUT2D eigenvalue weighted by Gasteiger charge is -2.13. The topological polar surface area (TPSA) is 52.9 Å². The number of nitrogens with zero attached hydrogens (tertiary/aromatic N) is 1. The Labute approximate surface area is 141 Å². The van der Waals surface area contributed by atoms with E-state index < -0.39 is 17.6 Å². The van der Waals surface area contributed by atoms with Crippen molar-refractivity contribution in [3.05, 3.63) is 65.2 Å². The quantitative estimate of drug-likeness (QED) is 0.867. The predicted octanol–water partition coefficient (Wildman–Crippen LogP) is 4.45. The Morgan fingerprint density at radius 1 is 1.12 bits per heavy atom. The van der Waals surface area contributed by atoms with Crippen molar-refractivity contribution < 1.29 is 18.0 Å². The van der Waals surface area contributed by atoms with Gasteiger partial charge in [-0.2, -0.15) is 18.4 Å². The van der Waals surface area contributed by atoms with E-state index in [1.54, 1.807) is 24.3 Å². The molecule has 1 N–H and O–H groups in total. The maximum Gasteiger partial charge on any atom is 0.418 e. The van der Waals surface area contributed by atoms with Crippen LogP contribution < -0.4 is 5.32 Å². The van der Waals surface area contributed by atoms with E-state index in [4.69, 9.17) is 5.26 Å².